The van der Waals surface area contributed by atoms with E-state index in [1.807, 2.05) is 6.08 Å². The van der Waals surface area contributed by atoms with Gasteiger partial charge in [0.05, 0.1) is 0 Å². The van der Waals surface area contributed by atoms with Gasteiger partial charge < -0.3 is 0 Å². The van der Waals surface area contributed by atoms with Gasteiger partial charge in [0.1, 0.15) is 0 Å². The first-order valence-corrected chi connectivity index (χ1v) is 5.90. The zero-order valence-electron chi connectivity index (χ0n) is 9.17. The summed E-state index contributed by atoms with van der Waals surface area (Å²) >= 11 is 0. The van der Waals surface area contributed by atoms with Gasteiger partial charge in [-0.2, -0.15) is 0 Å². The zero-order valence-corrected chi connectivity index (χ0v) is 9.17. The molecule has 0 fully saturated rings. The summed E-state index contributed by atoms with van der Waals surface area (Å²) in [4.78, 5) is 0. The average Bonchev–Trinajstić information content (AvgIpc) is 2.25. The van der Waals surface area contributed by atoms with Crippen LogP contribution in [0.1, 0.15) is 51.4 Å². The molecule has 0 bridgehead atoms. The number of unbranched alkanes of at least 4 members (excludes halogenated alkanes) is 4. The predicted octanol–water partition coefficient (Wildman–Crippen LogP) is 4.79. The Balaban J connectivity index is 1.95. The molecule has 14 heavy (non-hydrogen) atoms. The summed E-state index contributed by atoms with van der Waals surface area (Å²) in [7, 11) is 0. The SMILES string of the molecule is C=CCCCCCCC1=CCCC=C1. The number of rotatable bonds is 7. The molecule has 1 rings (SSSR count). The molecule has 0 unspecified atom stereocenters. The summed E-state index contributed by atoms with van der Waals surface area (Å²) in [6, 6.07) is 0. The minimum atomic E-state index is 1.18. The van der Waals surface area contributed by atoms with Crippen LogP contribution in [0.2, 0.25) is 0 Å². The third kappa shape index (κ3) is 5.06. The number of allylic oxidation sites excluding steroid dienone is 5. The second-order valence-corrected chi connectivity index (χ2v) is 4.00. The molecule has 0 aromatic heterocycles. The van der Waals surface area contributed by atoms with E-state index < -0.39 is 0 Å². The van der Waals surface area contributed by atoms with Crippen LogP contribution in [0, 0.1) is 0 Å². The molecule has 0 nitrogen and oxygen atoms in total. The van der Waals surface area contributed by atoms with Gasteiger partial charge in [-0.1, -0.05) is 42.7 Å². The van der Waals surface area contributed by atoms with E-state index in [0.717, 1.165) is 0 Å². The van der Waals surface area contributed by atoms with Gasteiger partial charge in [0, 0.05) is 0 Å². The van der Waals surface area contributed by atoms with Gasteiger partial charge in [-0.25, -0.2) is 0 Å². The molecular weight excluding hydrogens is 168 g/mol. The van der Waals surface area contributed by atoms with Crippen LogP contribution in [0.5, 0.6) is 0 Å². The lowest BCUT2D eigenvalue weighted by atomic mass is 10.0. The van der Waals surface area contributed by atoms with Crippen molar-refractivity contribution in [3.05, 3.63) is 36.5 Å². The Morgan fingerprint density at radius 1 is 1.14 bits per heavy atom. The number of hydrogen-bond donors (Lipinski definition) is 0. The molecule has 0 N–H and O–H groups in total. The maximum absolute atomic E-state index is 3.73. The van der Waals surface area contributed by atoms with Gasteiger partial charge >= 0.3 is 0 Å². The normalized spacial score (nSPS) is 15.3. The maximum atomic E-state index is 3.73. The Hall–Kier alpha value is -0.780. The van der Waals surface area contributed by atoms with E-state index in [2.05, 4.69) is 24.8 Å². The van der Waals surface area contributed by atoms with Crippen LogP contribution >= 0.6 is 0 Å². The van der Waals surface area contributed by atoms with Gasteiger partial charge in [-0.3, -0.25) is 0 Å². The van der Waals surface area contributed by atoms with Crippen molar-refractivity contribution in [2.75, 3.05) is 0 Å². The first kappa shape index (κ1) is 11.3. The molecule has 0 radical (unpaired) electrons. The summed E-state index contributed by atoms with van der Waals surface area (Å²) in [6.45, 7) is 3.73. The monoisotopic (exact) mass is 190 g/mol. The summed E-state index contributed by atoms with van der Waals surface area (Å²) in [5.41, 5.74) is 1.56. The van der Waals surface area contributed by atoms with E-state index in [0.29, 0.717) is 0 Å². The molecule has 0 heteroatoms. The van der Waals surface area contributed by atoms with Crippen LogP contribution in [-0.4, -0.2) is 0 Å². The van der Waals surface area contributed by atoms with Crippen LogP contribution in [0.25, 0.3) is 0 Å². The second kappa shape index (κ2) is 7.61. The zero-order chi connectivity index (χ0) is 10.1. The van der Waals surface area contributed by atoms with Crippen molar-refractivity contribution in [1.82, 2.24) is 0 Å². The number of hydrogen-bond acceptors (Lipinski definition) is 0. The first-order valence-electron chi connectivity index (χ1n) is 5.90. The lowest BCUT2D eigenvalue weighted by Crippen LogP contribution is -1.86. The topological polar surface area (TPSA) is 0 Å². The van der Waals surface area contributed by atoms with Gasteiger partial charge in [0.25, 0.3) is 0 Å². The second-order valence-electron chi connectivity index (χ2n) is 4.00. The van der Waals surface area contributed by atoms with Gasteiger partial charge in [0.15, 0.2) is 0 Å². The Bertz CT molecular complexity index is 208. The predicted molar refractivity (Wildman–Crippen MR) is 64.4 cm³/mol. The Labute approximate surface area is 88.4 Å². The largest absolute Gasteiger partial charge is 0.103 e. The molecule has 0 spiro atoms. The molecule has 1 aliphatic carbocycles. The smallest absolute Gasteiger partial charge is 0.0282 e. The molecule has 0 saturated carbocycles. The van der Waals surface area contributed by atoms with E-state index in [4.69, 9.17) is 0 Å². The van der Waals surface area contributed by atoms with Gasteiger partial charge in [-0.15, -0.1) is 6.58 Å². The van der Waals surface area contributed by atoms with Crippen molar-refractivity contribution in [2.45, 2.75) is 51.4 Å². The quantitative estimate of drug-likeness (QED) is 0.400. The summed E-state index contributed by atoms with van der Waals surface area (Å²) < 4.78 is 0. The van der Waals surface area contributed by atoms with Crippen LogP contribution in [0.15, 0.2) is 36.5 Å². The van der Waals surface area contributed by atoms with E-state index in [-0.39, 0.29) is 0 Å². The highest BCUT2D eigenvalue weighted by molar-refractivity contribution is 5.21. The third-order valence-corrected chi connectivity index (χ3v) is 2.70. The highest BCUT2D eigenvalue weighted by Gasteiger charge is 1.97. The van der Waals surface area contributed by atoms with E-state index >= 15 is 0 Å². The van der Waals surface area contributed by atoms with Crippen molar-refractivity contribution in [3.63, 3.8) is 0 Å². The fraction of sp³-hybridized carbons (Fsp3) is 0.571. The third-order valence-electron chi connectivity index (χ3n) is 2.70. The van der Waals surface area contributed by atoms with Crippen molar-refractivity contribution in [1.29, 1.82) is 0 Å². The lowest BCUT2D eigenvalue weighted by Gasteiger charge is -2.06. The molecule has 0 amide bonds. The summed E-state index contributed by atoms with van der Waals surface area (Å²) in [5.74, 6) is 0. The van der Waals surface area contributed by atoms with Crippen molar-refractivity contribution in [2.24, 2.45) is 0 Å². The lowest BCUT2D eigenvalue weighted by molar-refractivity contribution is 0.646. The molecule has 0 saturated heterocycles. The minimum absolute atomic E-state index is 1.18. The van der Waals surface area contributed by atoms with Crippen LogP contribution in [0.3, 0.4) is 0 Å². The van der Waals surface area contributed by atoms with Crippen molar-refractivity contribution < 1.29 is 0 Å². The fourth-order valence-corrected chi connectivity index (χ4v) is 1.82. The molecule has 0 aliphatic heterocycles. The summed E-state index contributed by atoms with van der Waals surface area (Å²) in [5, 5.41) is 0. The van der Waals surface area contributed by atoms with E-state index in [1.54, 1.807) is 5.57 Å². The van der Waals surface area contributed by atoms with E-state index in [9.17, 15) is 0 Å². The average molecular weight is 190 g/mol. The standard InChI is InChI=1S/C14H22/c1-2-3-4-5-6-8-11-14-12-9-7-10-13-14/h2,9,12-13H,1,3-8,10-11H2. The van der Waals surface area contributed by atoms with Gasteiger partial charge in [0.2, 0.25) is 0 Å². The molecule has 0 heterocycles. The molecular formula is C14H22. The Kier molecular flexibility index (Phi) is 6.14. The van der Waals surface area contributed by atoms with Crippen molar-refractivity contribution >= 4 is 0 Å². The fourth-order valence-electron chi connectivity index (χ4n) is 1.82. The van der Waals surface area contributed by atoms with Gasteiger partial charge in [-0.05, 0) is 38.5 Å². The minimum Gasteiger partial charge on any atom is -0.103 e. The highest BCUT2D eigenvalue weighted by atomic mass is 14.0. The maximum Gasteiger partial charge on any atom is -0.0282 e. The Morgan fingerprint density at radius 2 is 2.00 bits per heavy atom. The Morgan fingerprint density at radius 3 is 2.71 bits per heavy atom. The molecule has 0 aromatic carbocycles. The molecule has 0 atom stereocenters. The van der Waals surface area contributed by atoms with Crippen LogP contribution in [0.4, 0.5) is 0 Å². The highest BCUT2D eigenvalue weighted by Crippen LogP contribution is 2.16. The summed E-state index contributed by atoms with van der Waals surface area (Å²) in [6.07, 6.45) is 19.4. The van der Waals surface area contributed by atoms with Crippen LogP contribution < -0.4 is 0 Å². The molecule has 1 aliphatic rings. The first-order chi connectivity index (χ1) is 6.93. The van der Waals surface area contributed by atoms with E-state index in [1.165, 1.54) is 51.4 Å². The van der Waals surface area contributed by atoms with Crippen LogP contribution in [-0.2, 0) is 0 Å². The molecule has 78 valence electrons. The van der Waals surface area contributed by atoms with Crippen molar-refractivity contribution in [3.8, 4) is 0 Å². The molecule has 0 aromatic rings.